The second-order valence-electron chi connectivity index (χ2n) is 5.51. The third kappa shape index (κ3) is 3.80. The van der Waals surface area contributed by atoms with Crippen molar-refractivity contribution >= 4 is 15.9 Å². The second-order valence-corrected chi connectivity index (χ2v) is 6.36. The Morgan fingerprint density at radius 1 is 1.56 bits per heavy atom. The van der Waals surface area contributed by atoms with Crippen molar-refractivity contribution in [2.75, 3.05) is 20.6 Å². The van der Waals surface area contributed by atoms with Crippen molar-refractivity contribution in [2.24, 2.45) is 11.7 Å². The second kappa shape index (κ2) is 6.17. The van der Waals surface area contributed by atoms with Gasteiger partial charge in [-0.15, -0.1) is 0 Å². The Morgan fingerprint density at radius 3 is 2.89 bits per heavy atom. The molecule has 5 heteroatoms. The Morgan fingerprint density at radius 2 is 2.28 bits per heavy atom. The number of hydrogen-bond donors (Lipinski definition) is 1. The Bertz CT molecular complexity index is 384. The third-order valence-electron chi connectivity index (χ3n) is 3.60. The molecule has 0 aromatic carbocycles. The van der Waals surface area contributed by atoms with E-state index >= 15 is 0 Å². The minimum Gasteiger partial charge on any atom is -0.327 e. The van der Waals surface area contributed by atoms with Crippen molar-refractivity contribution in [3.63, 3.8) is 0 Å². The minimum atomic E-state index is 0.370. The fourth-order valence-electron chi connectivity index (χ4n) is 2.19. The van der Waals surface area contributed by atoms with Gasteiger partial charge in [0.05, 0.1) is 22.9 Å². The van der Waals surface area contributed by atoms with Crippen LogP contribution in [0.4, 0.5) is 0 Å². The molecule has 1 aromatic heterocycles. The SMILES string of the molecule is CN(C)CCn1ncc(Br)c1CCC(N)C1CC1. The third-order valence-corrected chi connectivity index (χ3v) is 4.26. The average Bonchev–Trinajstić information content (AvgIpc) is 3.10. The maximum absolute atomic E-state index is 6.16. The van der Waals surface area contributed by atoms with Crippen LogP contribution >= 0.6 is 15.9 Å². The van der Waals surface area contributed by atoms with Crippen molar-refractivity contribution in [3.8, 4) is 0 Å². The number of hydrogen-bond acceptors (Lipinski definition) is 3. The van der Waals surface area contributed by atoms with Crippen LogP contribution in [0.5, 0.6) is 0 Å². The summed E-state index contributed by atoms with van der Waals surface area (Å²) in [5.41, 5.74) is 7.45. The van der Waals surface area contributed by atoms with Gasteiger partial charge in [-0.2, -0.15) is 5.10 Å². The molecular formula is C13H23BrN4. The van der Waals surface area contributed by atoms with Crippen LogP contribution in [0, 0.1) is 5.92 Å². The van der Waals surface area contributed by atoms with Crippen molar-refractivity contribution in [1.82, 2.24) is 14.7 Å². The van der Waals surface area contributed by atoms with Gasteiger partial charge in [0.2, 0.25) is 0 Å². The van der Waals surface area contributed by atoms with E-state index < -0.39 is 0 Å². The molecule has 1 saturated carbocycles. The molecule has 2 rings (SSSR count). The van der Waals surface area contributed by atoms with Gasteiger partial charge in [-0.3, -0.25) is 4.68 Å². The fraction of sp³-hybridized carbons (Fsp3) is 0.769. The summed E-state index contributed by atoms with van der Waals surface area (Å²) in [6.45, 7) is 1.95. The van der Waals surface area contributed by atoms with Crippen LogP contribution in [0.15, 0.2) is 10.7 Å². The van der Waals surface area contributed by atoms with E-state index in [1.54, 1.807) is 0 Å². The van der Waals surface area contributed by atoms with E-state index in [9.17, 15) is 0 Å². The van der Waals surface area contributed by atoms with E-state index in [1.807, 2.05) is 6.20 Å². The van der Waals surface area contributed by atoms with E-state index in [1.165, 1.54) is 18.5 Å². The van der Waals surface area contributed by atoms with Gasteiger partial charge in [-0.25, -0.2) is 0 Å². The van der Waals surface area contributed by atoms with Crippen molar-refractivity contribution in [2.45, 2.75) is 38.3 Å². The normalized spacial score (nSPS) is 17.4. The predicted molar refractivity (Wildman–Crippen MR) is 77.5 cm³/mol. The van der Waals surface area contributed by atoms with Gasteiger partial charge in [0.15, 0.2) is 0 Å². The first kappa shape index (κ1) is 14.0. The number of nitrogens with zero attached hydrogens (tertiary/aromatic N) is 3. The number of likely N-dealkylation sites (N-methyl/N-ethyl adjacent to an activating group) is 1. The number of nitrogens with two attached hydrogens (primary N) is 1. The smallest absolute Gasteiger partial charge is 0.0635 e. The Kier molecular flexibility index (Phi) is 4.81. The highest BCUT2D eigenvalue weighted by molar-refractivity contribution is 9.10. The van der Waals surface area contributed by atoms with Gasteiger partial charge >= 0.3 is 0 Å². The summed E-state index contributed by atoms with van der Waals surface area (Å²) in [5.74, 6) is 0.780. The molecule has 0 saturated heterocycles. The first-order chi connectivity index (χ1) is 8.58. The van der Waals surface area contributed by atoms with Crippen LogP contribution < -0.4 is 5.73 Å². The quantitative estimate of drug-likeness (QED) is 0.836. The van der Waals surface area contributed by atoms with E-state index in [0.717, 1.165) is 36.3 Å². The lowest BCUT2D eigenvalue weighted by atomic mass is 10.1. The molecule has 18 heavy (non-hydrogen) atoms. The highest BCUT2D eigenvalue weighted by Crippen LogP contribution is 2.33. The summed E-state index contributed by atoms with van der Waals surface area (Å²) in [5, 5.41) is 4.43. The molecule has 4 nitrogen and oxygen atoms in total. The van der Waals surface area contributed by atoms with E-state index in [2.05, 4.69) is 44.7 Å². The maximum atomic E-state index is 6.16. The summed E-state index contributed by atoms with van der Waals surface area (Å²) >= 11 is 3.59. The molecule has 0 aliphatic heterocycles. The van der Waals surface area contributed by atoms with Crippen LogP contribution in [-0.2, 0) is 13.0 Å². The largest absolute Gasteiger partial charge is 0.327 e. The summed E-state index contributed by atoms with van der Waals surface area (Å²) in [6.07, 6.45) is 6.63. The van der Waals surface area contributed by atoms with Crippen LogP contribution in [0.3, 0.4) is 0 Å². The standard InChI is InChI=1S/C13H23BrN4/c1-17(2)7-8-18-13(11(14)9-16-18)6-5-12(15)10-3-4-10/h9-10,12H,3-8,15H2,1-2H3. The minimum absolute atomic E-state index is 0.370. The molecular weight excluding hydrogens is 292 g/mol. The molecule has 1 unspecified atom stereocenters. The van der Waals surface area contributed by atoms with Crippen LogP contribution in [0.2, 0.25) is 0 Å². The van der Waals surface area contributed by atoms with Crippen LogP contribution in [-0.4, -0.2) is 41.4 Å². The van der Waals surface area contributed by atoms with E-state index in [-0.39, 0.29) is 0 Å². The Balaban J connectivity index is 1.90. The van der Waals surface area contributed by atoms with Gasteiger partial charge in [-0.05, 0) is 61.6 Å². The first-order valence-electron chi connectivity index (χ1n) is 6.68. The molecule has 1 fully saturated rings. The molecule has 1 aliphatic rings. The molecule has 0 amide bonds. The van der Waals surface area contributed by atoms with Crippen LogP contribution in [0.1, 0.15) is 25.0 Å². The van der Waals surface area contributed by atoms with Gasteiger partial charge in [0, 0.05) is 12.6 Å². The lowest BCUT2D eigenvalue weighted by Crippen LogP contribution is -2.24. The topological polar surface area (TPSA) is 47.1 Å². The molecule has 1 aliphatic carbocycles. The predicted octanol–water partition coefficient (Wildman–Crippen LogP) is 1.88. The molecule has 0 bridgehead atoms. The van der Waals surface area contributed by atoms with Crippen LogP contribution in [0.25, 0.3) is 0 Å². The molecule has 1 heterocycles. The highest BCUT2D eigenvalue weighted by Gasteiger charge is 2.28. The van der Waals surface area contributed by atoms with E-state index in [0.29, 0.717) is 6.04 Å². The van der Waals surface area contributed by atoms with E-state index in [4.69, 9.17) is 5.73 Å². The lowest BCUT2D eigenvalue weighted by Gasteiger charge is -2.14. The summed E-state index contributed by atoms with van der Waals surface area (Å²) in [6, 6.07) is 0.370. The highest BCUT2D eigenvalue weighted by atomic mass is 79.9. The number of halogens is 1. The Labute approximate surface area is 118 Å². The molecule has 102 valence electrons. The first-order valence-corrected chi connectivity index (χ1v) is 7.47. The summed E-state index contributed by atoms with van der Waals surface area (Å²) < 4.78 is 3.22. The van der Waals surface area contributed by atoms with Crippen molar-refractivity contribution in [3.05, 3.63) is 16.4 Å². The van der Waals surface area contributed by atoms with Crippen molar-refractivity contribution in [1.29, 1.82) is 0 Å². The molecule has 1 aromatic rings. The monoisotopic (exact) mass is 314 g/mol. The zero-order valence-electron chi connectivity index (χ0n) is 11.3. The zero-order valence-corrected chi connectivity index (χ0v) is 12.9. The Hall–Kier alpha value is -0.390. The molecule has 0 radical (unpaired) electrons. The molecule has 0 spiro atoms. The molecule has 2 N–H and O–H groups in total. The van der Waals surface area contributed by atoms with Gasteiger partial charge in [0.1, 0.15) is 0 Å². The zero-order chi connectivity index (χ0) is 13.1. The van der Waals surface area contributed by atoms with Gasteiger partial charge in [-0.1, -0.05) is 0 Å². The number of rotatable bonds is 7. The maximum Gasteiger partial charge on any atom is 0.0635 e. The lowest BCUT2D eigenvalue weighted by molar-refractivity contribution is 0.368. The average molecular weight is 315 g/mol. The number of aromatic nitrogens is 2. The fourth-order valence-corrected chi connectivity index (χ4v) is 2.68. The summed E-state index contributed by atoms with van der Waals surface area (Å²) in [7, 11) is 4.17. The summed E-state index contributed by atoms with van der Waals surface area (Å²) in [4.78, 5) is 2.18. The molecule has 1 atom stereocenters. The van der Waals surface area contributed by atoms with Gasteiger partial charge in [0.25, 0.3) is 0 Å². The van der Waals surface area contributed by atoms with Crippen molar-refractivity contribution < 1.29 is 0 Å². The van der Waals surface area contributed by atoms with Gasteiger partial charge < -0.3 is 10.6 Å².